The van der Waals surface area contributed by atoms with Gasteiger partial charge in [0.15, 0.2) is 0 Å². The fourth-order valence-corrected chi connectivity index (χ4v) is 3.18. The van der Waals surface area contributed by atoms with E-state index < -0.39 is 10.2 Å². The molecule has 1 aliphatic heterocycles. The standard InChI is InChI=1S/C9H15N3O2S2/c10-16(13,14)12-5-3-11(4-6-12)8-9-2-1-7-15-9/h1-2,7H,3-6,8H2,(H2,10,13,14). The Bertz CT molecular complexity index is 422. The molecule has 0 spiro atoms. The summed E-state index contributed by atoms with van der Waals surface area (Å²) >= 11 is 1.72. The maximum absolute atomic E-state index is 11.1. The Balaban J connectivity index is 1.86. The summed E-state index contributed by atoms with van der Waals surface area (Å²) in [6.45, 7) is 3.37. The normalized spacial score (nSPS) is 20.1. The van der Waals surface area contributed by atoms with Gasteiger partial charge in [-0.15, -0.1) is 11.3 Å². The number of piperazine rings is 1. The molecule has 7 heteroatoms. The first-order chi connectivity index (χ1) is 7.55. The van der Waals surface area contributed by atoms with Gasteiger partial charge in [0.1, 0.15) is 0 Å². The minimum atomic E-state index is -3.50. The number of thiophene rings is 1. The van der Waals surface area contributed by atoms with Gasteiger partial charge in [0.05, 0.1) is 0 Å². The van der Waals surface area contributed by atoms with E-state index in [1.54, 1.807) is 11.3 Å². The van der Waals surface area contributed by atoms with E-state index in [9.17, 15) is 8.42 Å². The first-order valence-corrected chi connectivity index (χ1v) is 7.46. The second kappa shape index (κ2) is 4.80. The molecule has 2 heterocycles. The third-order valence-corrected chi connectivity index (χ3v) is 4.60. The van der Waals surface area contributed by atoms with Crippen LogP contribution in [0.5, 0.6) is 0 Å². The Kier molecular flexibility index (Phi) is 3.60. The van der Waals surface area contributed by atoms with Crippen molar-refractivity contribution in [2.45, 2.75) is 6.54 Å². The second-order valence-electron chi connectivity index (χ2n) is 3.80. The van der Waals surface area contributed by atoms with Gasteiger partial charge in [-0.25, -0.2) is 5.14 Å². The van der Waals surface area contributed by atoms with Gasteiger partial charge in [0, 0.05) is 37.6 Å². The van der Waals surface area contributed by atoms with E-state index in [0.717, 1.165) is 19.6 Å². The molecule has 0 bridgehead atoms. The highest BCUT2D eigenvalue weighted by Gasteiger charge is 2.23. The van der Waals surface area contributed by atoms with E-state index in [2.05, 4.69) is 16.3 Å². The van der Waals surface area contributed by atoms with E-state index in [4.69, 9.17) is 5.14 Å². The van der Waals surface area contributed by atoms with Crippen LogP contribution in [0.4, 0.5) is 0 Å². The third kappa shape index (κ3) is 3.02. The van der Waals surface area contributed by atoms with Crippen LogP contribution in [0.2, 0.25) is 0 Å². The zero-order valence-electron chi connectivity index (χ0n) is 8.87. The Labute approximate surface area is 99.6 Å². The molecule has 5 nitrogen and oxygen atoms in total. The molecule has 90 valence electrons. The largest absolute Gasteiger partial charge is 0.296 e. The Morgan fingerprint density at radius 2 is 2.00 bits per heavy atom. The predicted octanol–water partition coefficient (Wildman–Crippen LogP) is 0.0692. The molecule has 2 N–H and O–H groups in total. The van der Waals surface area contributed by atoms with Crippen LogP contribution in [-0.2, 0) is 16.8 Å². The fourth-order valence-electron chi connectivity index (χ4n) is 1.77. The van der Waals surface area contributed by atoms with Crippen LogP contribution in [-0.4, -0.2) is 43.8 Å². The van der Waals surface area contributed by atoms with E-state index >= 15 is 0 Å². The molecule has 0 unspecified atom stereocenters. The Hall–Kier alpha value is -0.470. The number of hydrogen-bond acceptors (Lipinski definition) is 4. The SMILES string of the molecule is NS(=O)(=O)N1CCN(Cc2cccs2)CC1. The molecule has 0 radical (unpaired) electrons. The van der Waals surface area contributed by atoms with Crippen molar-refractivity contribution in [2.24, 2.45) is 5.14 Å². The molecule has 1 fully saturated rings. The molecule has 0 aliphatic carbocycles. The quantitative estimate of drug-likeness (QED) is 0.837. The maximum Gasteiger partial charge on any atom is 0.276 e. The van der Waals surface area contributed by atoms with Crippen molar-refractivity contribution in [3.8, 4) is 0 Å². The van der Waals surface area contributed by atoms with Gasteiger partial charge < -0.3 is 0 Å². The van der Waals surface area contributed by atoms with Crippen LogP contribution in [0.3, 0.4) is 0 Å². The van der Waals surface area contributed by atoms with E-state index in [0.29, 0.717) is 13.1 Å². The number of nitrogens with two attached hydrogens (primary N) is 1. The molecule has 1 aromatic rings. The topological polar surface area (TPSA) is 66.6 Å². The van der Waals surface area contributed by atoms with Crippen LogP contribution < -0.4 is 5.14 Å². The highest BCUT2D eigenvalue weighted by molar-refractivity contribution is 7.86. The lowest BCUT2D eigenvalue weighted by molar-refractivity contribution is 0.183. The lowest BCUT2D eigenvalue weighted by atomic mass is 10.3. The summed E-state index contributed by atoms with van der Waals surface area (Å²) in [7, 11) is -3.50. The predicted molar refractivity (Wildman–Crippen MR) is 64.3 cm³/mol. The third-order valence-electron chi connectivity index (χ3n) is 2.65. The van der Waals surface area contributed by atoms with Crippen molar-refractivity contribution in [1.29, 1.82) is 0 Å². The average molecular weight is 261 g/mol. The molecule has 1 saturated heterocycles. The van der Waals surface area contributed by atoms with Gasteiger partial charge >= 0.3 is 0 Å². The van der Waals surface area contributed by atoms with E-state index in [1.165, 1.54) is 9.18 Å². The zero-order chi connectivity index (χ0) is 11.6. The summed E-state index contributed by atoms with van der Waals surface area (Å²) in [4.78, 5) is 3.55. The number of hydrogen-bond donors (Lipinski definition) is 1. The molecule has 1 aliphatic rings. The van der Waals surface area contributed by atoms with Gasteiger partial charge in [-0.2, -0.15) is 12.7 Å². The summed E-state index contributed by atoms with van der Waals surface area (Å²) < 4.78 is 23.5. The van der Waals surface area contributed by atoms with Gasteiger partial charge in [-0.1, -0.05) is 6.07 Å². The minimum absolute atomic E-state index is 0.490. The van der Waals surface area contributed by atoms with Gasteiger partial charge in [-0.05, 0) is 11.4 Å². The monoisotopic (exact) mass is 261 g/mol. The first kappa shape index (κ1) is 12.0. The average Bonchev–Trinajstić information content (AvgIpc) is 2.70. The summed E-state index contributed by atoms with van der Waals surface area (Å²) in [5.74, 6) is 0. The fraction of sp³-hybridized carbons (Fsp3) is 0.556. The van der Waals surface area contributed by atoms with Gasteiger partial charge in [0.25, 0.3) is 10.2 Å². The molecule has 16 heavy (non-hydrogen) atoms. The van der Waals surface area contributed by atoms with Crippen LogP contribution in [0.1, 0.15) is 4.88 Å². The van der Waals surface area contributed by atoms with Crippen LogP contribution in [0.15, 0.2) is 17.5 Å². The lowest BCUT2D eigenvalue weighted by Gasteiger charge is -2.32. The Morgan fingerprint density at radius 3 is 2.50 bits per heavy atom. The molecular formula is C9H15N3O2S2. The van der Waals surface area contributed by atoms with E-state index in [1.807, 2.05) is 6.07 Å². The van der Waals surface area contributed by atoms with Gasteiger partial charge in [-0.3, -0.25) is 4.90 Å². The number of rotatable bonds is 3. The second-order valence-corrected chi connectivity index (χ2v) is 6.38. The summed E-state index contributed by atoms with van der Waals surface area (Å²) in [6.07, 6.45) is 0. The Morgan fingerprint density at radius 1 is 1.31 bits per heavy atom. The maximum atomic E-state index is 11.1. The summed E-state index contributed by atoms with van der Waals surface area (Å²) in [6, 6.07) is 4.12. The summed E-state index contributed by atoms with van der Waals surface area (Å²) in [5.41, 5.74) is 0. The summed E-state index contributed by atoms with van der Waals surface area (Å²) in [5, 5.41) is 7.12. The zero-order valence-corrected chi connectivity index (χ0v) is 10.5. The van der Waals surface area contributed by atoms with Crippen LogP contribution in [0, 0.1) is 0 Å². The molecule has 1 aromatic heterocycles. The van der Waals surface area contributed by atoms with Crippen molar-refractivity contribution >= 4 is 21.5 Å². The molecule has 0 saturated carbocycles. The van der Waals surface area contributed by atoms with Crippen LogP contribution in [0.25, 0.3) is 0 Å². The number of nitrogens with zero attached hydrogens (tertiary/aromatic N) is 2. The molecular weight excluding hydrogens is 246 g/mol. The lowest BCUT2D eigenvalue weighted by Crippen LogP contribution is -2.50. The van der Waals surface area contributed by atoms with E-state index in [-0.39, 0.29) is 0 Å². The van der Waals surface area contributed by atoms with Crippen molar-refractivity contribution in [2.75, 3.05) is 26.2 Å². The van der Waals surface area contributed by atoms with Crippen LogP contribution >= 0.6 is 11.3 Å². The van der Waals surface area contributed by atoms with Crippen molar-refractivity contribution < 1.29 is 8.42 Å². The minimum Gasteiger partial charge on any atom is -0.296 e. The molecule has 0 atom stereocenters. The smallest absolute Gasteiger partial charge is 0.276 e. The molecule has 0 aromatic carbocycles. The molecule has 2 rings (SSSR count). The highest BCUT2D eigenvalue weighted by atomic mass is 32.2. The highest BCUT2D eigenvalue weighted by Crippen LogP contribution is 2.13. The molecule has 0 amide bonds. The van der Waals surface area contributed by atoms with Crippen molar-refractivity contribution in [3.63, 3.8) is 0 Å². The first-order valence-electron chi connectivity index (χ1n) is 5.08. The van der Waals surface area contributed by atoms with Crippen molar-refractivity contribution in [3.05, 3.63) is 22.4 Å². The van der Waals surface area contributed by atoms with Crippen molar-refractivity contribution in [1.82, 2.24) is 9.21 Å². The van der Waals surface area contributed by atoms with Gasteiger partial charge in [0.2, 0.25) is 0 Å².